The number of ether oxygens (including phenoxy) is 1. The third kappa shape index (κ3) is 2.22. The zero-order valence-corrected chi connectivity index (χ0v) is 10.1. The van der Waals surface area contributed by atoms with Crippen LogP contribution >= 0.6 is 0 Å². The fourth-order valence-corrected chi connectivity index (χ4v) is 2.14. The lowest BCUT2D eigenvalue weighted by molar-refractivity contribution is 0.00969. The van der Waals surface area contributed by atoms with E-state index in [1.165, 1.54) is 6.42 Å². The van der Waals surface area contributed by atoms with Crippen LogP contribution in [0.3, 0.4) is 0 Å². The summed E-state index contributed by atoms with van der Waals surface area (Å²) in [7, 11) is 0. The van der Waals surface area contributed by atoms with Crippen LogP contribution in [0.4, 0.5) is 5.69 Å². The van der Waals surface area contributed by atoms with Crippen LogP contribution in [0, 0.1) is 0 Å². The molecule has 5 nitrogen and oxygen atoms in total. The predicted molar refractivity (Wildman–Crippen MR) is 68.8 cm³/mol. The Balaban J connectivity index is 1.82. The molecule has 0 bridgehead atoms. The van der Waals surface area contributed by atoms with E-state index in [1.807, 2.05) is 24.3 Å². The van der Waals surface area contributed by atoms with E-state index in [1.54, 1.807) is 0 Å². The summed E-state index contributed by atoms with van der Waals surface area (Å²) in [5.41, 5.74) is 7.36. The van der Waals surface area contributed by atoms with E-state index < -0.39 is 0 Å². The van der Waals surface area contributed by atoms with Gasteiger partial charge >= 0.3 is 0 Å². The fourth-order valence-electron chi connectivity index (χ4n) is 2.14. The van der Waals surface area contributed by atoms with Gasteiger partial charge in [-0.15, -0.1) is 0 Å². The minimum atomic E-state index is 0.0637. The van der Waals surface area contributed by atoms with E-state index >= 15 is 0 Å². The highest BCUT2D eigenvalue weighted by Crippen LogP contribution is 2.26. The Morgan fingerprint density at radius 1 is 1.22 bits per heavy atom. The Bertz CT molecular complexity index is 514. The van der Waals surface area contributed by atoms with Crippen molar-refractivity contribution in [1.29, 1.82) is 0 Å². The van der Waals surface area contributed by atoms with Crippen LogP contribution in [0.2, 0.25) is 0 Å². The summed E-state index contributed by atoms with van der Waals surface area (Å²) in [6.45, 7) is 0.808. The van der Waals surface area contributed by atoms with Crippen molar-refractivity contribution in [2.24, 2.45) is 0 Å². The van der Waals surface area contributed by atoms with Crippen molar-refractivity contribution in [3.63, 3.8) is 0 Å². The third-order valence-electron chi connectivity index (χ3n) is 3.16. The van der Waals surface area contributed by atoms with E-state index in [-0.39, 0.29) is 6.10 Å². The Kier molecular flexibility index (Phi) is 2.98. The number of hydrogen-bond acceptors (Lipinski definition) is 4. The van der Waals surface area contributed by atoms with Gasteiger partial charge in [0.15, 0.2) is 11.6 Å². The van der Waals surface area contributed by atoms with Crippen molar-refractivity contribution in [1.82, 2.24) is 15.2 Å². The number of aromatic nitrogens is 3. The first kappa shape index (κ1) is 11.2. The van der Waals surface area contributed by atoms with Gasteiger partial charge in [-0.3, -0.25) is 5.10 Å². The number of anilines is 1. The van der Waals surface area contributed by atoms with Gasteiger partial charge in [0.05, 0.1) is 0 Å². The summed E-state index contributed by atoms with van der Waals surface area (Å²) in [4.78, 5) is 4.50. The Hall–Kier alpha value is -1.88. The van der Waals surface area contributed by atoms with Crippen molar-refractivity contribution in [3.8, 4) is 11.4 Å². The third-order valence-corrected chi connectivity index (χ3v) is 3.16. The van der Waals surface area contributed by atoms with Crippen molar-refractivity contribution >= 4 is 5.69 Å². The van der Waals surface area contributed by atoms with Gasteiger partial charge in [-0.1, -0.05) is 0 Å². The van der Waals surface area contributed by atoms with Gasteiger partial charge in [0.1, 0.15) is 6.10 Å². The molecule has 0 aliphatic carbocycles. The molecular formula is C13H16N4O. The molecule has 94 valence electrons. The number of nitrogens with one attached hydrogen (secondary N) is 1. The standard InChI is InChI=1S/C13H16N4O/c14-10-6-4-9(5-7-10)12-15-13(17-16-12)11-3-1-2-8-18-11/h4-7,11H,1-3,8,14H2,(H,15,16,17). The lowest BCUT2D eigenvalue weighted by Crippen LogP contribution is -2.12. The van der Waals surface area contributed by atoms with Gasteiger partial charge in [-0.2, -0.15) is 5.10 Å². The molecule has 0 amide bonds. The predicted octanol–water partition coefficient (Wildman–Crippen LogP) is 2.30. The van der Waals surface area contributed by atoms with Crippen LogP contribution in [-0.4, -0.2) is 21.8 Å². The highest BCUT2D eigenvalue weighted by molar-refractivity contribution is 5.58. The van der Waals surface area contributed by atoms with Gasteiger partial charge in [-0.25, -0.2) is 4.98 Å². The lowest BCUT2D eigenvalue weighted by Gasteiger charge is -2.19. The molecule has 3 rings (SSSR count). The topological polar surface area (TPSA) is 76.8 Å². The molecule has 5 heteroatoms. The second-order valence-corrected chi connectivity index (χ2v) is 4.52. The smallest absolute Gasteiger partial charge is 0.181 e. The maximum atomic E-state index is 5.68. The number of rotatable bonds is 2. The summed E-state index contributed by atoms with van der Waals surface area (Å²) in [5.74, 6) is 1.51. The maximum Gasteiger partial charge on any atom is 0.181 e. The quantitative estimate of drug-likeness (QED) is 0.795. The zero-order chi connectivity index (χ0) is 12.4. The van der Waals surface area contributed by atoms with Crippen LogP contribution in [0.1, 0.15) is 31.2 Å². The summed E-state index contributed by atoms with van der Waals surface area (Å²) in [6.07, 6.45) is 3.39. The maximum absolute atomic E-state index is 5.68. The summed E-state index contributed by atoms with van der Waals surface area (Å²) < 4.78 is 5.68. The number of benzene rings is 1. The van der Waals surface area contributed by atoms with E-state index in [4.69, 9.17) is 10.5 Å². The number of H-pyrrole nitrogens is 1. The molecule has 2 heterocycles. The van der Waals surface area contributed by atoms with Crippen LogP contribution < -0.4 is 5.73 Å². The van der Waals surface area contributed by atoms with Crippen molar-refractivity contribution < 1.29 is 4.74 Å². The Morgan fingerprint density at radius 2 is 2.06 bits per heavy atom. The molecule has 1 aromatic carbocycles. The van der Waals surface area contributed by atoms with E-state index in [0.29, 0.717) is 5.82 Å². The van der Waals surface area contributed by atoms with Crippen LogP contribution in [0.25, 0.3) is 11.4 Å². The molecule has 1 fully saturated rings. The average Bonchev–Trinajstić information content (AvgIpc) is 2.90. The van der Waals surface area contributed by atoms with Crippen molar-refractivity contribution in [2.45, 2.75) is 25.4 Å². The van der Waals surface area contributed by atoms with E-state index in [9.17, 15) is 0 Å². The molecule has 0 spiro atoms. The van der Waals surface area contributed by atoms with Gasteiger partial charge < -0.3 is 10.5 Å². The Labute approximate surface area is 105 Å². The fraction of sp³-hybridized carbons (Fsp3) is 0.385. The molecule has 1 atom stereocenters. The summed E-state index contributed by atoms with van der Waals surface area (Å²) in [5, 5.41) is 7.21. The minimum Gasteiger partial charge on any atom is -0.399 e. The number of aromatic amines is 1. The van der Waals surface area contributed by atoms with Crippen LogP contribution in [-0.2, 0) is 4.74 Å². The molecule has 1 aromatic heterocycles. The van der Waals surface area contributed by atoms with E-state index in [2.05, 4.69) is 15.2 Å². The first-order chi connectivity index (χ1) is 8.83. The number of nitrogen functional groups attached to an aromatic ring is 1. The monoisotopic (exact) mass is 244 g/mol. The van der Waals surface area contributed by atoms with Crippen molar-refractivity contribution in [3.05, 3.63) is 30.1 Å². The first-order valence-corrected chi connectivity index (χ1v) is 6.23. The largest absolute Gasteiger partial charge is 0.399 e. The molecule has 2 aromatic rings. The molecule has 0 radical (unpaired) electrons. The molecule has 18 heavy (non-hydrogen) atoms. The lowest BCUT2D eigenvalue weighted by atomic mass is 10.1. The molecule has 1 aliphatic heterocycles. The molecule has 0 saturated carbocycles. The summed E-state index contributed by atoms with van der Waals surface area (Å²) >= 11 is 0. The molecular weight excluding hydrogens is 228 g/mol. The first-order valence-electron chi connectivity index (χ1n) is 6.23. The number of hydrogen-bond donors (Lipinski definition) is 2. The number of nitrogens with two attached hydrogens (primary N) is 1. The van der Waals surface area contributed by atoms with Gasteiger partial charge in [0.25, 0.3) is 0 Å². The molecule has 1 unspecified atom stereocenters. The minimum absolute atomic E-state index is 0.0637. The SMILES string of the molecule is Nc1ccc(-c2n[nH]c(C3CCCCO3)n2)cc1. The highest BCUT2D eigenvalue weighted by atomic mass is 16.5. The normalized spacial score (nSPS) is 19.9. The molecule has 1 saturated heterocycles. The molecule has 3 N–H and O–H groups in total. The van der Waals surface area contributed by atoms with Gasteiger partial charge in [0, 0.05) is 17.9 Å². The molecule has 1 aliphatic rings. The van der Waals surface area contributed by atoms with Crippen molar-refractivity contribution in [2.75, 3.05) is 12.3 Å². The zero-order valence-electron chi connectivity index (χ0n) is 10.1. The Morgan fingerprint density at radius 3 is 2.78 bits per heavy atom. The van der Waals surface area contributed by atoms with Crippen LogP contribution in [0.5, 0.6) is 0 Å². The van der Waals surface area contributed by atoms with Gasteiger partial charge in [-0.05, 0) is 43.5 Å². The average molecular weight is 244 g/mol. The summed E-state index contributed by atoms with van der Waals surface area (Å²) in [6, 6.07) is 7.54. The second kappa shape index (κ2) is 4.78. The number of nitrogens with zero attached hydrogens (tertiary/aromatic N) is 2. The van der Waals surface area contributed by atoms with E-state index in [0.717, 1.165) is 36.5 Å². The second-order valence-electron chi connectivity index (χ2n) is 4.52. The van der Waals surface area contributed by atoms with Crippen LogP contribution in [0.15, 0.2) is 24.3 Å². The van der Waals surface area contributed by atoms with Gasteiger partial charge in [0.2, 0.25) is 0 Å². The highest BCUT2D eigenvalue weighted by Gasteiger charge is 2.20.